The van der Waals surface area contributed by atoms with Gasteiger partial charge < -0.3 is 0 Å². The Balaban J connectivity index is 3.08. The fourth-order valence-corrected chi connectivity index (χ4v) is 2.52. The lowest BCUT2D eigenvalue weighted by atomic mass is 9.96. The van der Waals surface area contributed by atoms with Gasteiger partial charge in [0.15, 0.2) is 0 Å². The number of hydrogen-bond acceptors (Lipinski definition) is 0. The van der Waals surface area contributed by atoms with Gasteiger partial charge >= 0.3 is 0 Å². The van der Waals surface area contributed by atoms with Gasteiger partial charge in [-0.3, -0.25) is 0 Å². The van der Waals surface area contributed by atoms with Crippen LogP contribution in [-0.4, -0.2) is 6.16 Å². The summed E-state index contributed by atoms with van der Waals surface area (Å²) in [6, 6.07) is 0. The number of hydrogen-bond donors (Lipinski definition) is 0. The standard InChI is InChI=1S/C15H33P/c1-3-4-5-6-7-9-12-15(2)13-10-8-11-14-16/h15H,3-14,16H2,1-2H3. The predicted molar refractivity (Wildman–Crippen MR) is 80.2 cm³/mol. The summed E-state index contributed by atoms with van der Waals surface area (Å²) in [5.41, 5.74) is 0. The van der Waals surface area contributed by atoms with Crippen LogP contribution < -0.4 is 0 Å². The summed E-state index contributed by atoms with van der Waals surface area (Å²) >= 11 is 0. The highest BCUT2D eigenvalue weighted by molar-refractivity contribution is 7.16. The van der Waals surface area contributed by atoms with Gasteiger partial charge in [0, 0.05) is 0 Å². The smallest absolute Gasteiger partial charge is 0.0381 e. The van der Waals surface area contributed by atoms with E-state index in [4.69, 9.17) is 0 Å². The minimum Gasteiger partial charge on any atom is -0.138 e. The maximum Gasteiger partial charge on any atom is -0.0381 e. The summed E-state index contributed by atoms with van der Waals surface area (Å²) in [7, 11) is 2.82. The maximum atomic E-state index is 2.82. The molecule has 0 radical (unpaired) electrons. The molecule has 0 nitrogen and oxygen atoms in total. The third kappa shape index (κ3) is 12.5. The molecule has 0 aliphatic carbocycles. The summed E-state index contributed by atoms with van der Waals surface area (Å²) in [5.74, 6) is 0.968. The van der Waals surface area contributed by atoms with Crippen molar-refractivity contribution in [2.24, 2.45) is 5.92 Å². The van der Waals surface area contributed by atoms with Gasteiger partial charge in [-0.1, -0.05) is 78.1 Å². The Bertz CT molecular complexity index is 123. The van der Waals surface area contributed by atoms with Crippen molar-refractivity contribution in [3.63, 3.8) is 0 Å². The zero-order chi connectivity index (χ0) is 12.1. The highest BCUT2D eigenvalue weighted by Gasteiger charge is 2.01. The summed E-state index contributed by atoms with van der Waals surface area (Å²) in [6.45, 7) is 4.73. The topological polar surface area (TPSA) is 0 Å². The summed E-state index contributed by atoms with van der Waals surface area (Å²) in [6.07, 6.45) is 17.1. The van der Waals surface area contributed by atoms with Gasteiger partial charge in [0.2, 0.25) is 0 Å². The Morgan fingerprint density at radius 1 is 0.750 bits per heavy atom. The molecule has 0 N–H and O–H groups in total. The van der Waals surface area contributed by atoms with Crippen LogP contribution in [0.25, 0.3) is 0 Å². The Morgan fingerprint density at radius 2 is 1.25 bits per heavy atom. The third-order valence-electron chi connectivity index (χ3n) is 3.45. The Hall–Kier alpha value is 0.430. The lowest BCUT2D eigenvalue weighted by molar-refractivity contribution is 0.437. The molecule has 0 bridgehead atoms. The van der Waals surface area contributed by atoms with E-state index < -0.39 is 0 Å². The van der Waals surface area contributed by atoms with E-state index in [2.05, 4.69) is 23.1 Å². The molecule has 16 heavy (non-hydrogen) atoms. The molecule has 0 spiro atoms. The maximum absolute atomic E-state index is 2.82. The van der Waals surface area contributed by atoms with Crippen molar-refractivity contribution in [1.82, 2.24) is 0 Å². The van der Waals surface area contributed by atoms with Crippen LogP contribution in [0, 0.1) is 5.92 Å². The third-order valence-corrected chi connectivity index (χ3v) is 3.86. The van der Waals surface area contributed by atoms with E-state index in [1.807, 2.05) is 0 Å². The molecular formula is C15H33P. The first-order valence-electron chi connectivity index (χ1n) is 7.51. The van der Waals surface area contributed by atoms with Crippen molar-refractivity contribution in [3.8, 4) is 0 Å². The minimum atomic E-state index is 0.968. The van der Waals surface area contributed by atoms with Crippen molar-refractivity contribution < 1.29 is 0 Å². The molecule has 0 aliphatic rings. The fraction of sp³-hybridized carbons (Fsp3) is 1.00. The van der Waals surface area contributed by atoms with Crippen LogP contribution in [0.2, 0.25) is 0 Å². The summed E-state index contributed by atoms with van der Waals surface area (Å²) in [4.78, 5) is 0. The quantitative estimate of drug-likeness (QED) is 0.300. The van der Waals surface area contributed by atoms with E-state index in [0.29, 0.717) is 0 Å². The molecule has 0 amide bonds. The molecule has 0 heterocycles. The summed E-state index contributed by atoms with van der Waals surface area (Å²) in [5, 5.41) is 0. The van der Waals surface area contributed by atoms with Crippen molar-refractivity contribution >= 4 is 9.24 Å². The summed E-state index contributed by atoms with van der Waals surface area (Å²) < 4.78 is 0. The average molecular weight is 244 g/mol. The van der Waals surface area contributed by atoms with E-state index in [-0.39, 0.29) is 0 Å². The van der Waals surface area contributed by atoms with Crippen LogP contribution >= 0.6 is 9.24 Å². The zero-order valence-corrected chi connectivity index (χ0v) is 12.8. The van der Waals surface area contributed by atoms with Crippen molar-refractivity contribution in [1.29, 1.82) is 0 Å². The molecule has 0 aromatic rings. The molecule has 0 aromatic heterocycles. The van der Waals surface area contributed by atoms with E-state index in [1.54, 1.807) is 0 Å². The molecule has 0 fully saturated rings. The molecule has 2 unspecified atom stereocenters. The molecule has 0 saturated heterocycles. The predicted octanol–water partition coefficient (Wildman–Crippen LogP) is 5.81. The second-order valence-corrected chi connectivity index (χ2v) is 5.88. The average Bonchev–Trinajstić information content (AvgIpc) is 2.29. The molecule has 2 atom stereocenters. The lowest BCUT2D eigenvalue weighted by Gasteiger charge is -2.10. The molecule has 98 valence electrons. The first-order valence-corrected chi connectivity index (χ1v) is 8.33. The van der Waals surface area contributed by atoms with Gasteiger partial charge in [-0.15, -0.1) is 9.24 Å². The van der Waals surface area contributed by atoms with Gasteiger partial charge in [-0.05, 0) is 18.5 Å². The van der Waals surface area contributed by atoms with Crippen LogP contribution in [0.15, 0.2) is 0 Å². The molecule has 0 aliphatic heterocycles. The van der Waals surface area contributed by atoms with Crippen LogP contribution in [-0.2, 0) is 0 Å². The SMILES string of the molecule is CCCCCCCCC(C)CCCCCP. The normalized spacial score (nSPS) is 12.9. The first-order chi connectivity index (χ1) is 7.81. The minimum absolute atomic E-state index is 0.968. The molecule has 0 aromatic carbocycles. The Morgan fingerprint density at radius 3 is 1.81 bits per heavy atom. The fourth-order valence-electron chi connectivity index (χ4n) is 2.23. The second kappa shape index (κ2) is 13.5. The van der Waals surface area contributed by atoms with Gasteiger partial charge in [0.25, 0.3) is 0 Å². The van der Waals surface area contributed by atoms with E-state index in [1.165, 1.54) is 76.8 Å². The largest absolute Gasteiger partial charge is 0.138 e. The van der Waals surface area contributed by atoms with E-state index in [9.17, 15) is 0 Å². The van der Waals surface area contributed by atoms with Crippen molar-refractivity contribution in [3.05, 3.63) is 0 Å². The van der Waals surface area contributed by atoms with Gasteiger partial charge in [-0.2, -0.15) is 0 Å². The van der Waals surface area contributed by atoms with Crippen LogP contribution in [0.4, 0.5) is 0 Å². The van der Waals surface area contributed by atoms with E-state index in [0.717, 1.165) is 5.92 Å². The highest BCUT2D eigenvalue weighted by atomic mass is 31.0. The van der Waals surface area contributed by atoms with Crippen LogP contribution in [0.1, 0.15) is 84.5 Å². The Labute approximate surface area is 106 Å². The number of unbranched alkanes of at least 4 members (excludes halogenated alkanes) is 7. The van der Waals surface area contributed by atoms with Gasteiger partial charge in [0.05, 0.1) is 0 Å². The molecule has 0 saturated carbocycles. The van der Waals surface area contributed by atoms with Crippen molar-refractivity contribution in [2.45, 2.75) is 84.5 Å². The van der Waals surface area contributed by atoms with Crippen LogP contribution in [0.5, 0.6) is 0 Å². The lowest BCUT2D eigenvalue weighted by Crippen LogP contribution is -1.95. The van der Waals surface area contributed by atoms with Crippen molar-refractivity contribution in [2.75, 3.05) is 6.16 Å². The molecule has 0 rings (SSSR count). The van der Waals surface area contributed by atoms with Crippen LogP contribution in [0.3, 0.4) is 0 Å². The van der Waals surface area contributed by atoms with Gasteiger partial charge in [0.1, 0.15) is 0 Å². The second-order valence-electron chi connectivity index (χ2n) is 5.30. The Kier molecular flexibility index (Phi) is 13.9. The molecular weight excluding hydrogens is 211 g/mol. The molecule has 1 heteroatoms. The zero-order valence-electron chi connectivity index (χ0n) is 11.6. The monoisotopic (exact) mass is 244 g/mol. The highest BCUT2D eigenvalue weighted by Crippen LogP contribution is 2.17. The van der Waals surface area contributed by atoms with E-state index >= 15 is 0 Å². The first kappa shape index (κ1) is 16.4. The number of rotatable bonds is 12. The van der Waals surface area contributed by atoms with Gasteiger partial charge in [-0.25, -0.2) is 0 Å².